The molecule has 0 aliphatic carbocycles. The zero-order valence-corrected chi connectivity index (χ0v) is 15.4. The number of carbonyl (C=O) groups excluding carboxylic acids is 1. The van der Waals surface area contributed by atoms with Crippen LogP contribution < -0.4 is 5.32 Å². The van der Waals surface area contributed by atoms with Gasteiger partial charge in [0.25, 0.3) is 5.69 Å². The molecule has 0 saturated heterocycles. The monoisotopic (exact) mass is 409 g/mol. The van der Waals surface area contributed by atoms with Crippen molar-refractivity contribution in [2.75, 3.05) is 11.1 Å². The third-order valence-corrected chi connectivity index (χ3v) is 5.67. The predicted molar refractivity (Wildman–Crippen MR) is 102 cm³/mol. The highest BCUT2D eigenvalue weighted by atomic mass is 32.2. The molecule has 3 rings (SSSR count). The third kappa shape index (κ3) is 5.20. The number of rotatable bonds is 7. The van der Waals surface area contributed by atoms with E-state index in [0.29, 0.717) is 21.1 Å². The summed E-state index contributed by atoms with van der Waals surface area (Å²) in [4.78, 5) is 26.6. The topological polar surface area (TPSA) is 85.1 Å². The summed E-state index contributed by atoms with van der Waals surface area (Å²) >= 11 is 2.29. The van der Waals surface area contributed by atoms with Gasteiger partial charge < -0.3 is 5.32 Å². The lowest BCUT2D eigenvalue weighted by Gasteiger charge is -2.05. The van der Waals surface area contributed by atoms with Gasteiger partial charge in [0, 0.05) is 17.8 Å². The van der Waals surface area contributed by atoms with Gasteiger partial charge in [-0.15, -0.1) is 11.3 Å². The highest BCUT2D eigenvalue weighted by Crippen LogP contribution is 2.32. The maximum atomic E-state index is 12.3. The number of halogens is 2. The van der Waals surface area contributed by atoms with Crippen molar-refractivity contribution in [3.05, 3.63) is 58.1 Å². The molecule has 0 unspecified atom stereocenters. The molecule has 6 nitrogen and oxygen atoms in total. The summed E-state index contributed by atoms with van der Waals surface area (Å²) < 4.78 is 25.9. The number of hydrogen-bond donors (Lipinski definition) is 1. The van der Waals surface area contributed by atoms with Crippen molar-refractivity contribution in [2.45, 2.75) is 17.2 Å². The molecule has 0 aliphatic rings. The molecule has 1 aromatic heterocycles. The molecule has 2 aromatic carbocycles. The van der Waals surface area contributed by atoms with E-state index in [9.17, 15) is 23.7 Å². The Kier molecular flexibility index (Phi) is 5.97. The standard InChI is InChI=1S/C17H13F2N3O3S2/c18-15(19)9-26-17-21-13-6-3-11(8-14(13)27-17)20-16(23)7-10-1-4-12(5-2-10)22(24)25/h1-6,8,15H,7,9H2,(H,20,23). The molecule has 0 saturated carbocycles. The Hall–Kier alpha value is -2.59. The highest BCUT2D eigenvalue weighted by molar-refractivity contribution is 8.01. The number of alkyl halides is 2. The number of benzene rings is 2. The molecule has 0 radical (unpaired) electrons. The van der Waals surface area contributed by atoms with E-state index in [0.717, 1.165) is 16.5 Å². The summed E-state index contributed by atoms with van der Waals surface area (Å²) in [6.45, 7) is 0. The molecule has 0 aliphatic heterocycles. The van der Waals surface area contributed by atoms with E-state index in [4.69, 9.17) is 0 Å². The van der Waals surface area contributed by atoms with Crippen LogP contribution in [0.25, 0.3) is 10.2 Å². The van der Waals surface area contributed by atoms with Gasteiger partial charge in [-0.25, -0.2) is 13.8 Å². The van der Waals surface area contributed by atoms with Crippen LogP contribution in [-0.2, 0) is 11.2 Å². The number of thioether (sulfide) groups is 1. The molecule has 3 aromatic rings. The number of carbonyl (C=O) groups is 1. The van der Waals surface area contributed by atoms with Crippen molar-refractivity contribution >= 4 is 50.6 Å². The quantitative estimate of drug-likeness (QED) is 0.346. The molecule has 0 fully saturated rings. The lowest BCUT2D eigenvalue weighted by molar-refractivity contribution is -0.384. The Morgan fingerprint density at radius 1 is 1.26 bits per heavy atom. The predicted octanol–water partition coefficient (Wildman–Crippen LogP) is 4.74. The van der Waals surface area contributed by atoms with Crippen LogP contribution in [0.5, 0.6) is 0 Å². The Morgan fingerprint density at radius 2 is 2.00 bits per heavy atom. The number of fused-ring (bicyclic) bond motifs is 1. The van der Waals surface area contributed by atoms with Crippen LogP contribution >= 0.6 is 23.1 Å². The summed E-state index contributed by atoms with van der Waals surface area (Å²) in [5, 5.41) is 13.4. The number of thiazole rings is 1. The molecule has 10 heteroatoms. The van der Waals surface area contributed by atoms with Gasteiger partial charge in [-0.2, -0.15) is 0 Å². The van der Waals surface area contributed by atoms with Crippen molar-refractivity contribution in [1.29, 1.82) is 0 Å². The molecule has 0 spiro atoms. The van der Waals surface area contributed by atoms with Gasteiger partial charge in [0.15, 0.2) is 4.34 Å². The van der Waals surface area contributed by atoms with Gasteiger partial charge in [0.05, 0.1) is 27.3 Å². The van der Waals surface area contributed by atoms with Crippen molar-refractivity contribution in [2.24, 2.45) is 0 Å². The first-order valence-corrected chi connectivity index (χ1v) is 9.55. The number of nitro groups is 1. The van der Waals surface area contributed by atoms with Crippen molar-refractivity contribution in [3.8, 4) is 0 Å². The first-order chi connectivity index (χ1) is 12.9. The lowest BCUT2D eigenvalue weighted by atomic mass is 10.1. The molecule has 140 valence electrons. The second kappa shape index (κ2) is 8.40. The molecular formula is C17H13F2N3O3S2. The number of nitrogens with one attached hydrogen (secondary N) is 1. The molecule has 0 bridgehead atoms. The Labute approximate surface area is 160 Å². The maximum Gasteiger partial charge on any atom is 0.269 e. The van der Waals surface area contributed by atoms with Crippen molar-refractivity contribution in [3.63, 3.8) is 0 Å². The molecular weight excluding hydrogens is 396 g/mol. The first kappa shape index (κ1) is 19.2. The van der Waals surface area contributed by atoms with Crippen molar-refractivity contribution in [1.82, 2.24) is 4.98 Å². The van der Waals surface area contributed by atoms with E-state index in [1.54, 1.807) is 18.2 Å². The average molecular weight is 409 g/mol. The Morgan fingerprint density at radius 3 is 2.67 bits per heavy atom. The molecule has 27 heavy (non-hydrogen) atoms. The smallest absolute Gasteiger partial charge is 0.269 e. The van der Waals surface area contributed by atoms with E-state index in [1.165, 1.54) is 35.6 Å². The lowest BCUT2D eigenvalue weighted by Crippen LogP contribution is -2.14. The minimum atomic E-state index is -2.39. The summed E-state index contributed by atoms with van der Waals surface area (Å²) in [6.07, 6.45) is -2.31. The van der Waals surface area contributed by atoms with Gasteiger partial charge in [0.1, 0.15) is 0 Å². The van der Waals surface area contributed by atoms with Gasteiger partial charge in [-0.3, -0.25) is 14.9 Å². The van der Waals surface area contributed by atoms with Crippen LogP contribution in [0.15, 0.2) is 46.8 Å². The van der Waals surface area contributed by atoms with E-state index < -0.39 is 11.3 Å². The van der Waals surface area contributed by atoms with Gasteiger partial charge >= 0.3 is 0 Å². The number of hydrogen-bond acceptors (Lipinski definition) is 6. The largest absolute Gasteiger partial charge is 0.326 e. The minimum absolute atomic E-state index is 0.0321. The van der Waals surface area contributed by atoms with Gasteiger partial charge in [0.2, 0.25) is 12.3 Å². The Balaban J connectivity index is 1.64. The third-order valence-electron chi connectivity index (χ3n) is 3.50. The van der Waals surface area contributed by atoms with Crippen LogP contribution in [0.1, 0.15) is 5.56 Å². The van der Waals surface area contributed by atoms with Crippen LogP contribution in [-0.4, -0.2) is 28.0 Å². The minimum Gasteiger partial charge on any atom is -0.326 e. The number of nitro benzene ring substituents is 1. The number of nitrogens with zero attached hydrogens (tertiary/aromatic N) is 2. The van der Waals surface area contributed by atoms with Crippen LogP contribution in [0.3, 0.4) is 0 Å². The fraction of sp³-hybridized carbons (Fsp3) is 0.176. The summed E-state index contributed by atoms with van der Waals surface area (Å²) in [7, 11) is 0. The fourth-order valence-electron chi connectivity index (χ4n) is 2.30. The maximum absolute atomic E-state index is 12.3. The average Bonchev–Trinajstić information content (AvgIpc) is 3.02. The van der Waals surface area contributed by atoms with Crippen LogP contribution in [0.4, 0.5) is 20.2 Å². The second-order valence-electron chi connectivity index (χ2n) is 5.51. The zero-order valence-electron chi connectivity index (χ0n) is 13.7. The molecule has 1 amide bonds. The van der Waals surface area contributed by atoms with Crippen LogP contribution in [0, 0.1) is 10.1 Å². The van der Waals surface area contributed by atoms with E-state index in [2.05, 4.69) is 10.3 Å². The molecule has 1 N–H and O–H groups in total. The van der Waals surface area contributed by atoms with Gasteiger partial charge in [-0.1, -0.05) is 23.9 Å². The summed E-state index contributed by atoms with van der Waals surface area (Å²) in [5.41, 5.74) is 1.88. The van der Waals surface area contributed by atoms with E-state index >= 15 is 0 Å². The molecule has 1 heterocycles. The summed E-state index contributed by atoms with van der Waals surface area (Å²) in [5.74, 6) is -0.571. The number of amides is 1. The van der Waals surface area contributed by atoms with Gasteiger partial charge in [-0.05, 0) is 23.8 Å². The number of anilines is 1. The highest BCUT2D eigenvalue weighted by Gasteiger charge is 2.11. The SMILES string of the molecule is O=C(Cc1ccc([N+](=O)[O-])cc1)Nc1ccc2nc(SCC(F)F)sc2c1. The Bertz CT molecular complexity index is 977. The zero-order chi connectivity index (χ0) is 19.4. The fourth-order valence-corrected chi connectivity index (χ4v) is 4.18. The van der Waals surface area contributed by atoms with Crippen molar-refractivity contribution < 1.29 is 18.5 Å². The number of aromatic nitrogens is 1. The first-order valence-electron chi connectivity index (χ1n) is 7.75. The van der Waals surface area contributed by atoms with E-state index in [-0.39, 0.29) is 23.8 Å². The number of non-ortho nitro benzene ring substituents is 1. The van der Waals surface area contributed by atoms with Crippen LogP contribution in [0.2, 0.25) is 0 Å². The van der Waals surface area contributed by atoms with E-state index in [1.807, 2.05) is 0 Å². The molecule has 0 atom stereocenters. The normalized spacial score (nSPS) is 11.1. The second-order valence-corrected chi connectivity index (χ2v) is 7.81. The summed E-state index contributed by atoms with van der Waals surface area (Å²) in [6, 6.07) is 10.9.